The molecule has 1 saturated carbocycles. The molecule has 2 aromatic rings. The van der Waals surface area contributed by atoms with Gasteiger partial charge >= 0.3 is 0 Å². The van der Waals surface area contributed by atoms with Gasteiger partial charge in [0.2, 0.25) is 15.9 Å². The topological polar surface area (TPSA) is 94.2 Å². The number of hydrogen-bond donors (Lipinski definition) is 1. The van der Waals surface area contributed by atoms with Gasteiger partial charge in [-0.1, -0.05) is 25.3 Å². The van der Waals surface area contributed by atoms with Crippen LogP contribution < -0.4 is 19.5 Å². The van der Waals surface area contributed by atoms with Gasteiger partial charge in [-0.2, -0.15) is 4.31 Å². The van der Waals surface area contributed by atoms with E-state index in [9.17, 15) is 13.2 Å². The van der Waals surface area contributed by atoms with Crippen molar-refractivity contribution in [3.63, 3.8) is 0 Å². The van der Waals surface area contributed by atoms with Crippen molar-refractivity contribution in [1.29, 1.82) is 0 Å². The van der Waals surface area contributed by atoms with Crippen molar-refractivity contribution >= 4 is 15.9 Å². The van der Waals surface area contributed by atoms with E-state index in [1.807, 2.05) is 6.92 Å². The van der Waals surface area contributed by atoms with Crippen molar-refractivity contribution in [2.24, 2.45) is 0 Å². The highest BCUT2D eigenvalue weighted by Crippen LogP contribution is 2.30. The van der Waals surface area contributed by atoms with Crippen LogP contribution in [0.25, 0.3) is 0 Å². The molecule has 0 heterocycles. The average Bonchev–Trinajstić information content (AvgIpc) is 2.86. The Balaban J connectivity index is 1.79. The monoisotopic (exact) mass is 490 g/mol. The van der Waals surface area contributed by atoms with Gasteiger partial charge in [0.25, 0.3) is 0 Å². The highest BCUT2D eigenvalue weighted by molar-refractivity contribution is 7.89. The van der Waals surface area contributed by atoms with Gasteiger partial charge in [0.1, 0.15) is 17.2 Å². The summed E-state index contributed by atoms with van der Waals surface area (Å²) < 4.78 is 44.7. The van der Waals surface area contributed by atoms with E-state index >= 15 is 0 Å². The molecule has 0 atom stereocenters. The molecule has 186 valence electrons. The average molecular weight is 491 g/mol. The maximum absolute atomic E-state index is 13.6. The number of ether oxygens (including phenoxy) is 3. The Kier molecular flexibility index (Phi) is 9.18. The highest BCUT2D eigenvalue weighted by Gasteiger charge is 2.34. The van der Waals surface area contributed by atoms with Crippen molar-refractivity contribution in [3.05, 3.63) is 48.0 Å². The molecule has 0 spiro atoms. The fourth-order valence-electron chi connectivity index (χ4n) is 4.28. The van der Waals surface area contributed by atoms with Gasteiger partial charge in [-0.05, 0) is 56.2 Å². The van der Waals surface area contributed by atoms with Gasteiger partial charge in [0.15, 0.2) is 0 Å². The molecule has 1 aliphatic carbocycles. The standard InChI is InChI=1S/C25H34N2O6S/c1-4-33-20-13-15-21(16-14-20)34(29,30)27(19-9-6-5-7-10-19)18-25(28)26-17-22-23(31-2)11-8-12-24(22)32-3/h8,11-16,19H,4-7,9-10,17-18H2,1-3H3,(H,26,28). The second-order valence-electron chi connectivity index (χ2n) is 8.16. The fraction of sp³-hybridized carbons (Fsp3) is 0.480. The van der Waals surface area contributed by atoms with Crippen LogP contribution in [0.15, 0.2) is 47.4 Å². The van der Waals surface area contributed by atoms with Crippen LogP contribution >= 0.6 is 0 Å². The van der Waals surface area contributed by atoms with Crippen molar-refractivity contribution in [1.82, 2.24) is 9.62 Å². The van der Waals surface area contributed by atoms with Crippen LogP contribution in [0.2, 0.25) is 0 Å². The van der Waals surface area contributed by atoms with Crippen LogP contribution in [0.3, 0.4) is 0 Å². The third-order valence-corrected chi connectivity index (χ3v) is 7.93. The lowest BCUT2D eigenvalue weighted by atomic mass is 9.95. The SMILES string of the molecule is CCOc1ccc(S(=O)(=O)N(CC(=O)NCc2c(OC)cccc2OC)C2CCCCC2)cc1. The zero-order chi connectivity index (χ0) is 24.6. The normalized spacial score (nSPS) is 14.6. The predicted molar refractivity (Wildman–Crippen MR) is 130 cm³/mol. The van der Waals surface area contributed by atoms with Gasteiger partial charge in [-0.3, -0.25) is 4.79 Å². The Morgan fingerprint density at radius 1 is 1.00 bits per heavy atom. The molecule has 0 aromatic heterocycles. The molecule has 2 aromatic carbocycles. The second kappa shape index (κ2) is 12.1. The minimum absolute atomic E-state index is 0.153. The zero-order valence-corrected chi connectivity index (χ0v) is 20.9. The molecule has 0 bridgehead atoms. The van der Waals surface area contributed by atoms with E-state index in [2.05, 4.69) is 5.32 Å². The van der Waals surface area contributed by atoms with Crippen molar-refractivity contribution in [3.8, 4) is 17.2 Å². The lowest BCUT2D eigenvalue weighted by Crippen LogP contribution is -2.46. The number of sulfonamides is 1. The Bertz CT molecular complexity index is 1030. The first kappa shape index (κ1) is 25.8. The van der Waals surface area contributed by atoms with Gasteiger partial charge in [-0.25, -0.2) is 8.42 Å². The number of nitrogens with one attached hydrogen (secondary N) is 1. The third-order valence-electron chi connectivity index (χ3n) is 6.01. The van der Waals surface area contributed by atoms with E-state index in [0.717, 1.165) is 32.1 Å². The number of benzene rings is 2. The van der Waals surface area contributed by atoms with E-state index in [0.29, 0.717) is 29.4 Å². The summed E-state index contributed by atoms with van der Waals surface area (Å²) in [5.74, 6) is 1.40. The minimum Gasteiger partial charge on any atom is -0.496 e. The molecule has 0 saturated heterocycles. The third kappa shape index (κ3) is 6.21. The van der Waals surface area contributed by atoms with E-state index < -0.39 is 10.0 Å². The molecule has 0 unspecified atom stereocenters. The fourth-order valence-corrected chi connectivity index (χ4v) is 5.92. The smallest absolute Gasteiger partial charge is 0.243 e. The summed E-state index contributed by atoms with van der Waals surface area (Å²) in [7, 11) is -0.769. The van der Waals surface area contributed by atoms with Crippen LogP contribution in [0.1, 0.15) is 44.6 Å². The first-order valence-corrected chi connectivity index (χ1v) is 13.1. The van der Waals surface area contributed by atoms with Crippen LogP contribution in [-0.2, 0) is 21.4 Å². The molecule has 1 amide bonds. The Hall–Kier alpha value is -2.78. The molecule has 8 nitrogen and oxygen atoms in total. The molecule has 1 fully saturated rings. The number of carbonyl (C=O) groups is 1. The van der Waals surface area contributed by atoms with E-state index in [4.69, 9.17) is 14.2 Å². The van der Waals surface area contributed by atoms with Gasteiger partial charge in [0.05, 0.1) is 44.4 Å². The first-order chi connectivity index (χ1) is 16.4. The van der Waals surface area contributed by atoms with Crippen LogP contribution in [-0.4, -0.2) is 52.0 Å². The summed E-state index contributed by atoms with van der Waals surface area (Å²) in [4.78, 5) is 13.1. The first-order valence-electron chi connectivity index (χ1n) is 11.6. The van der Waals surface area contributed by atoms with E-state index in [1.54, 1.807) is 44.6 Å². The lowest BCUT2D eigenvalue weighted by Gasteiger charge is -2.33. The molecule has 9 heteroatoms. The summed E-state index contributed by atoms with van der Waals surface area (Å²) in [6.07, 6.45) is 4.45. The maximum atomic E-state index is 13.6. The van der Waals surface area contributed by atoms with E-state index in [-0.39, 0.29) is 29.9 Å². The van der Waals surface area contributed by atoms with Gasteiger partial charge < -0.3 is 19.5 Å². The van der Waals surface area contributed by atoms with Crippen molar-refractivity contribution in [2.75, 3.05) is 27.4 Å². The van der Waals surface area contributed by atoms with Crippen molar-refractivity contribution in [2.45, 2.75) is 56.5 Å². The number of amides is 1. The maximum Gasteiger partial charge on any atom is 0.243 e. The number of methoxy groups -OCH3 is 2. The summed E-state index contributed by atoms with van der Waals surface area (Å²) in [6, 6.07) is 11.5. The summed E-state index contributed by atoms with van der Waals surface area (Å²) in [5.41, 5.74) is 0.694. The number of nitrogens with zero attached hydrogens (tertiary/aromatic N) is 1. The van der Waals surface area contributed by atoms with Gasteiger partial charge in [-0.15, -0.1) is 0 Å². The molecule has 0 aliphatic heterocycles. The summed E-state index contributed by atoms with van der Waals surface area (Å²) in [5, 5.41) is 2.84. The number of rotatable bonds is 11. The Morgan fingerprint density at radius 3 is 2.18 bits per heavy atom. The van der Waals surface area contributed by atoms with Crippen LogP contribution in [0.5, 0.6) is 17.2 Å². The molecular weight excluding hydrogens is 456 g/mol. The Morgan fingerprint density at radius 2 is 1.62 bits per heavy atom. The molecule has 1 aliphatic rings. The molecular formula is C25H34N2O6S. The minimum atomic E-state index is -3.87. The molecule has 3 rings (SSSR count). The van der Waals surface area contributed by atoms with Crippen LogP contribution in [0.4, 0.5) is 0 Å². The molecule has 34 heavy (non-hydrogen) atoms. The zero-order valence-electron chi connectivity index (χ0n) is 20.1. The highest BCUT2D eigenvalue weighted by atomic mass is 32.2. The molecule has 1 N–H and O–H groups in total. The second-order valence-corrected chi connectivity index (χ2v) is 10.1. The van der Waals surface area contributed by atoms with Crippen LogP contribution in [0, 0.1) is 0 Å². The van der Waals surface area contributed by atoms with Crippen molar-refractivity contribution < 1.29 is 27.4 Å². The van der Waals surface area contributed by atoms with Gasteiger partial charge in [0, 0.05) is 6.04 Å². The predicted octanol–water partition coefficient (Wildman–Crippen LogP) is 3.74. The number of carbonyl (C=O) groups excluding carboxylic acids is 1. The lowest BCUT2D eigenvalue weighted by molar-refractivity contribution is -0.121. The number of hydrogen-bond acceptors (Lipinski definition) is 6. The summed E-state index contributed by atoms with van der Waals surface area (Å²) >= 11 is 0. The molecule has 0 radical (unpaired) electrons. The van der Waals surface area contributed by atoms with E-state index in [1.165, 1.54) is 16.4 Å². The quantitative estimate of drug-likeness (QED) is 0.516. The largest absolute Gasteiger partial charge is 0.496 e. The Labute approximate surface area is 202 Å². The summed E-state index contributed by atoms with van der Waals surface area (Å²) in [6.45, 7) is 2.28.